The van der Waals surface area contributed by atoms with Gasteiger partial charge in [-0.2, -0.15) is 0 Å². The van der Waals surface area contributed by atoms with Gasteiger partial charge in [-0.05, 0) is 118 Å². The summed E-state index contributed by atoms with van der Waals surface area (Å²) in [5.74, 6) is 4.49. The van der Waals surface area contributed by atoms with Crippen molar-refractivity contribution in [3.8, 4) is 0 Å². The maximum absolute atomic E-state index is 10.2. The Morgan fingerprint density at radius 2 is 1.93 bits per heavy atom. The molecule has 158 valence electrons. The van der Waals surface area contributed by atoms with Gasteiger partial charge in [0, 0.05) is 0 Å². The van der Waals surface area contributed by atoms with Gasteiger partial charge < -0.3 is 5.11 Å². The summed E-state index contributed by atoms with van der Waals surface area (Å²) in [6.45, 7) is 12.2. The zero-order valence-corrected chi connectivity index (χ0v) is 19.1. The molecule has 0 unspecified atom stereocenters. The summed E-state index contributed by atoms with van der Waals surface area (Å²) in [5, 5.41) is 10.2. The van der Waals surface area contributed by atoms with Gasteiger partial charge >= 0.3 is 0 Å². The van der Waals surface area contributed by atoms with Gasteiger partial charge in [-0.3, -0.25) is 0 Å². The highest BCUT2D eigenvalue weighted by atomic mass is 16.3. The first-order chi connectivity index (χ1) is 13.3. The Bertz CT molecular complexity index is 641. The Balaban J connectivity index is 1.51. The van der Waals surface area contributed by atoms with Crippen LogP contribution in [0.1, 0.15) is 98.8 Å². The first kappa shape index (κ1) is 20.7. The minimum absolute atomic E-state index is 0.0813. The van der Waals surface area contributed by atoms with E-state index in [4.69, 9.17) is 0 Å². The highest BCUT2D eigenvalue weighted by Crippen LogP contribution is 2.67. The molecule has 0 aromatic rings. The molecule has 0 radical (unpaired) electrons. The van der Waals surface area contributed by atoms with Crippen molar-refractivity contribution < 1.29 is 5.11 Å². The summed E-state index contributed by atoms with van der Waals surface area (Å²) >= 11 is 0. The Hall–Kier alpha value is -0.560. The van der Waals surface area contributed by atoms with E-state index >= 15 is 0 Å². The Morgan fingerprint density at radius 3 is 2.68 bits per heavy atom. The van der Waals surface area contributed by atoms with Gasteiger partial charge in [0.2, 0.25) is 0 Å². The predicted molar refractivity (Wildman–Crippen MR) is 119 cm³/mol. The van der Waals surface area contributed by atoms with Crippen LogP contribution < -0.4 is 0 Å². The highest BCUT2D eigenvalue weighted by molar-refractivity contribution is 5.25. The third-order valence-electron chi connectivity index (χ3n) is 10.0. The second-order valence-corrected chi connectivity index (χ2v) is 11.7. The van der Waals surface area contributed by atoms with Crippen molar-refractivity contribution in [3.63, 3.8) is 0 Å². The number of hydrogen-bond donors (Lipinski definition) is 1. The lowest BCUT2D eigenvalue weighted by Crippen LogP contribution is -2.50. The lowest BCUT2D eigenvalue weighted by atomic mass is 9.47. The van der Waals surface area contributed by atoms with Crippen molar-refractivity contribution in [2.45, 2.75) is 105 Å². The van der Waals surface area contributed by atoms with Crippen LogP contribution in [0.15, 0.2) is 23.3 Å². The summed E-state index contributed by atoms with van der Waals surface area (Å²) in [4.78, 5) is 0. The SMILES string of the molecule is C/C([13CH3])=C\CC[C@@H](C)[C@H]1CC[C@H]2[C@@H]3CC=C4C[C@@H](O)CC[C@]4(C)[C@H]3CC[C@]12C. The fraction of sp³-hybridized carbons (Fsp3) is 0.852. The molecule has 1 N–H and O–H groups in total. The first-order valence-corrected chi connectivity index (χ1v) is 12.3. The topological polar surface area (TPSA) is 20.2 Å². The number of rotatable bonds is 4. The van der Waals surface area contributed by atoms with E-state index in [1.807, 2.05) is 0 Å². The van der Waals surface area contributed by atoms with Crippen LogP contribution in [0.25, 0.3) is 0 Å². The minimum atomic E-state index is -0.0813. The van der Waals surface area contributed by atoms with Crippen molar-refractivity contribution in [1.82, 2.24) is 0 Å². The predicted octanol–water partition coefficient (Wildman–Crippen LogP) is 7.31. The second kappa shape index (κ2) is 7.60. The minimum Gasteiger partial charge on any atom is -0.393 e. The van der Waals surface area contributed by atoms with Gasteiger partial charge in [-0.1, -0.05) is 44.1 Å². The van der Waals surface area contributed by atoms with Crippen molar-refractivity contribution in [1.29, 1.82) is 0 Å². The molecule has 0 spiro atoms. The summed E-state index contributed by atoms with van der Waals surface area (Å²) in [7, 11) is 0. The molecule has 0 aliphatic heterocycles. The van der Waals surface area contributed by atoms with Crippen molar-refractivity contribution in [2.24, 2.45) is 40.4 Å². The summed E-state index contributed by atoms with van der Waals surface area (Å²) in [6, 6.07) is 0. The van der Waals surface area contributed by atoms with E-state index in [-0.39, 0.29) is 6.10 Å². The van der Waals surface area contributed by atoms with Crippen LogP contribution >= 0.6 is 0 Å². The standard InChI is InChI=1S/C27H44O/c1-18(2)7-6-8-19(3)23-11-12-24-22-10-9-20-17-21(28)13-15-26(20,4)25(22)14-16-27(23,24)5/h7,9,19,21-25,28H,6,8,10-17H2,1-5H3/t19-,21+,22+,23-,24+,25+,26+,27-/m1/s1/i1+1/b18-7-. The number of hydrogen-bond acceptors (Lipinski definition) is 1. The van der Waals surface area contributed by atoms with Crippen LogP contribution in [0.2, 0.25) is 0 Å². The Kier molecular flexibility index (Phi) is 5.62. The molecule has 0 aromatic heterocycles. The smallest absolute Gasteiger partial charge is 0.0577 e. The largest absolute Gasteiger partial charge is 0.393 e. The summed E-state index contributed by atoms with van der Waals surface area (Å²) in [6.07, 6.45) is 17.9. The highest BCUT2D eigenvalue weighted by Gasteiger charge is 2.58. The van der Waals surface area contributed by atoms with Crippen LogP contribution in [0.5, 0.6) is 0 Å². The number of aliphatic hydroxyl groups excluding tert-OH is 1. The van der Waals surface area contributed by atoms with E-state index in [1.54, 1.807) is 5.57 Å². The van der Waals surface area contributed by atoms with Crippen LogP contribution in [0.4, 0.5) is 0 Å². The third kappa shape index (κ3) is 3.34. The Labute approximate surface area is 174 Å². The van der Waals surface area contributed by atoms with Gasteiger partial charge in [0.15, 0.2) is 0 Å². The van der Waals surface area contributed by atoms with Crippen molar-refractivity contribution >= 4 is 0 Å². The molecule has 0 saturated heterocycles. The van der Waals surface area contributed by atoms with Gasteiger partial charge in [-0.15, -0.1) is 0 Å². The van der Waals surface area contributed by atoms with E-state index in [0.29, 0.717) is 10.8 Å². The van der Waals surface area contributed by atoms with Crippen LogP contribution in [0.3, 0.4) is 0 Å². The van der Waals surface area contributed by atoms with Crippen LogP contribution in [-0.2, 0) is 0 Å². The molecule has 3 saturated carbocycles. The maximum Gasteiger partial charge on any atom is 0.0577 e. The van der Waals surface area contributed by atoms with Gasteiger partial charge in [0.25, 0.3) is 0 Å². The zero-order valence-electron chi connectivity index (χ0n) is 19.1. The molecule has 3 fully saturated rings. The second-order valence-electron chi connectivity index (χ2n) is 11.7. The van der Waals surface area contributed by atoms with E-state index in [2.05, 4.69) is 46.8 Å². The van der Waals surface area contributed by atoms with Crippen molar-refractivity contribution in [3.05, 3.63) is 23.3 Å². The summed E-state index contributed by atoms with van der Waals surface area (Å²) < 4.78 is 0. The average Bonchev–Trinajstić information content (AvgIpc) is 2.99. The average molecular weight is 386 g/mol. The maximum atomic E-state index is 10.2. The molecular weight excluding hydrogens is 341 g/mol. The molecule has 1 heteroatoms. The molecule has 4 aliphatic carbocycles. The monoisotopic (exact) mass is 385 g/mol. The molecular formula is C27H44O. The first-order valence-electron chi connectivity index (χ1n) is 12.3. The lowest BCUT2D eigenvalue weighted by Gasteiger charge is -2.58. The molecule has 1 nitrogen and oxygen atoms in total. The fourth-order valence-electron chi connectivity index (χ4n) is 8.45. The number of allylic oxidation sites excluding steroid dienone is 3. The molecule has 4 rings (SSSR count). The van der Waals surface area contributed by atoms with Gasteiger partial charge in [0.1, 0.15) is 0 Å². The van der Waals surface area contributed by atoms with E-state index in [9.17, 15) is 5.11 Å². The fourth-order valence-corrected chi connectivity index (χ4v) is 8.45. The van der Waals surface area contributed by atoms with E-state index in [1.165, 1.54) is 56.9 Å². The zero-order chi connectivity index (χ0) is 20.1. The van der Waals surface area contributed by atoms with Crippen LogP contribution in [0, 0.1) is 40.4 Å². The molecule has 0 bridgehead atoms. The molecule has 28 heavy (non-hydrogen) atoms. The van der Waals surface area contributed by atoms with Crippen molar-refractivity contribution in [2.75, 3.05) is 0 Å². The quantitative estimate of drug-likeness (QED) is 0.397. The third-order valence-corrected chi connectivity index (χ3v) is 10.0. The van der Waals surface area contributed by atoms with E-state index < -0.39 is 0 Å². The molecule has 0 heterocycles. The lowest BCUT2D eigenvalue weighted by molar-refractivity contribution is -0.0571. The van der Waals surface area contributed by atoms with Gasteiger partial charge in [-0.25, -0.2) is 0 Å². The van der Waals surface area contributed by atoms with Gasteiger partial charge in [0.05, 0.1) is 6.10 Å². The Morgan fingerprint density at radius 1 is 1.14 bits per heavy atom. The number of fused-ring (bicyclic) bond motifs is 5. The molecule has 0 aromatic carbocycles. The van der Waals surface area contributed by atoms with E-state index in [0.717, 1.165) is 42.4 Å². The summed E-state index contributed by atoms with van der Waals surface area (Å²) in [5.41, 5.74) is 4.04. The van der Waals surface area contributed by atoms with Crippen LogP contribution in [-0.4, -0.2) is 11.2 Å². The molecule has 0 amide bonds. The molecule has 4 aliphatic rings. The molecule has 8 atom stereocenters. The normalized spacial score (nSPS) is 47.0. The number of aliphatic hydroxyl groups is 1.